The van der Waals surface area contributed by atoms with Crippen molar-refractivity contribution < 1.29 is 23.9 Å². The molecular weight excluding hydrogens is 236 g/mol. The Balaban J connectivity index is 0.000000631. The molecule has 0 aliphatic rings. The largest absolute Gasteiger partial charge is 0.465 e. The number of rotatable bonds is 2. The molecule has 0 fully saturated rings. The lowest BCUT2D eigenvalue weighted by Gasteiger charge is -2.01. The minimum atomic E-state index is -0.476. The zero-order valence-electron chi connectivity index (χ0n) is 10.9. The Morgan fingerprint density at radius 2 is 1.22 bits per heavy atom. The molecule has 0 aliphatic carbocycles. The van der Waals surface area contributed by atoms with Gasteiger partial charge in [0.1, 0.15) is 5.78 Å². The Morgan fingerprint density at radius 1 is 0.889 bits per heavy atom. The summed E-state index contributed by atoms with van der Waals surface area (Å²) >= 11 is 0. The molecule has 0 saturated heterocycles. The second kappa shape index (κ2) is 8.00. The first-order valence-corrected chi connectivity index (χ1v) is 5.16. The molecule has 0 radical (unpaired) electrons. The average Bonchev–Trinajstić information content (AvgIpc) is 2.36. The number of ether oxygens (including phenoxy) is 2. The summed E-state index contributed by atoms with van der Waals surface area (Å²) in [5.74, 6) is -0.786. The standard InChI is InChI=1S/C10H10O4.C3H6O/c1-13-9(11)7-4-3-5-8(6-7)10(12)14-2;1-3(2)4/h3-6H,1-2H3;1-2H3. The molecule has 0 spiro atoms. The molecule has 0 N–H and O–H groups in total. The van der Waals surface area contributed by atoms with E-state index in [1.807, 2.05) is 0 Å². The molecule has 0 bridgehead atoms. The van der Waals surface area contributed by atoms with Gasteiger partial charge < -0.3 is 14.3 Å². The van der Waals surface area contributed by atoms with Gasteiger partial charge in [-0.2, -0.15) is 0 Å². The Labute approximate surface area is 106 Å². The van der Waals surface area contributed by atoms with Crippen LogP contribution in [0, 0.1) is 0 Å². The summed E-state index contributed by atoms with van der Waals surface area (Å²) in [5, 5.41) is 0. The molecule has 0 amide bonds. The maximum atomic E-state index is 11.1. The number of hydrogen-bond acceptors (Lipinski definition) is 5. The third kappa shape index (κ3) is 5.79. The van der Waals surface area contributed by atoms with Gasteiger partial charge >= 0.3 is 11.9 Å². The second-order valence-corrected chi connectivity index (χ2v) is 3.47. The van der Waals surface area contributed by atoms with Gasteiger partial charge in [0.25, 0.3) is 0 Å². The summed E-state index contributed by atoms with van der Waals surface area (Å²) in [4.78, 5) is 31.6. The van der Waals surface area contributed by atoms with E-state index in [4.69, 9.17) is 0 Å². The van der Waals surface area contributed by atoms with Gasteiger partial charge in [-0.15, -0.1) is 0 Å². The van der Waals surface area contributed by atoms with Crippen molar-refractivity contribution in [3.8, 4) is 0 Å². The molecule has 1 rings (SSSR count). The summed E-state index contributed by atoms with van der Waals surface area (Å²) in [7, 11) is 2.57. The number of ketones is 1. The molecule has 98 valence electrons. The maximum absolute atomic E-state index is 11.1. The van der Waals surface area contributed by atoms with Crippen LogP contribution in [0.1, 0.15) is 34.6 Å². The Bertz CT molecular complexity index is 402. The molecule has 0 aliphatic heterocycles. The molecule has 0 unspecified atom stereocenters. The predicted molar refractivity (Wildman–Crippen MR) is 65.5 cm³/mol. The van der Waals surface area contributed by atoms with E-state index >= 15 is 0 Å². The van der Waals surface area contributed by atoms with Gasteiger partial charge in [-0.3, -0.25) is 0 Å². The molecule has 1 aromatic carbocycles. The summed E-state index contributed by atoms with van der Waals surface area (Å²) in [6.45, 7) is 3.06. The highest BCUT2D eigenvalue weighted by atomic mass is 16.5. The third-order valence-corrected chi connectivity index (χ3v) is 1.70. The highest BCUT2D eigenvalue weighted by Crippen LogP contribution is 2.07. The lowest BCUT2D eigenvalue weighted by Crippen LogP contribution is -2.05. The molecule has 0 heterocycles. The van der Waals surface area contributed by atoms with E-state index in [1.165, 1.54) is 34.1 Å². The first-order valence-electron chi connectivity index (χ1n) is 5.16. The van der Waals surface area contributed by atoms with Crippen LogP contribution in [0.25, 0.3) is 0 Å². The molecule has 1 aromatic rings. The highest BCUT2D eigenvalue weighted by molar-refractivity contribution is 5.95. The minimum absolute atomic E-state index is 0.167. The molecule has 0 aromatic heterocycles. The quantitative estimate of drug-likeness (QED) is 0.751. The third-order valence-electron chi connectivity index (χ3n) is 1.70. The van der Waals surface area contributed by atoms with Crippen molar-refractivity contribution in [1.29, 1.82) is 0 Å². The Hall–Kier alpha value is -2.17. The number of Topliss-reactive ketones (excluding diaryl/α,β-unsaturated/α-hetero) is 1. The van der Waals surface area contributed by atoms with Crippen molar-refractivity contribution in [2.45, 2.75) is 13.8 Å². The smallest absolute Gasteiger partial charge is 0.337 e. The van der Waals surface area contributed by atoms with Gasteiger partial charge in [-0.05, 0) is 32.0 Å². The molecular formula is C13H16O5. The maximum Gasteiger partial charge on any atom is 0.337 e. The van der Waals surface area contributed by atoms with Crippen molar-refractivity contribution >= 4 is 17.7 Å². The predicted octanol–water partition coefficient (Wildman–Crippen LogP) is 1.86. The van der Waals surface area contributed by atoms with Crippen LogP contribution in [-0.4, -0.2) is 31.9 Å². The van der Waals surface area contributed by atoms with Crippen LogP contribution in [0.5, 0.6) is 0 Å². The molecule has 18 heavy (non-hydrogen) atoms. The van der Waals surface area contributed by atoms with E-state index in [9.17, 15) is 14.4 Å². The van der Waals surface area contributed by atoms with Crippen LogP contribution >= 0.6 is 0 Å². The molecule has 0 atom stereocenters. The van der Waals surface area contributed by atoms with E-state index in [-0.39, 0.29) is 5.78 Å². The van der Waals surface area contributed by atoms with Crippen LogP contribution < -0.4 is 0 Å². The summed E-state index contributed by atoms with van der Waals surface area (Å²) in [6, 6.07) is 6.16. The molecule has 5 heteroatoms. The highest BCUT2D eigenvalue weighted by Gasteiger charge is 2.09. The monoisotopic (exact) mass is 252 g/mol. The number of carbonyl (C=O) groups is 3. The van der Waals surface area contributed by atoms with Gasteiger partial charge in [0.2, 0.25) is 0 Å². The fourth-order valence-corrected chi connectivity index (χ4v) is 1.01. The fraction of sp³-hybridized carbons (Fsp3) is 0.308. The average molecular weight is 252 g/mol. The minimum Gasteiger partial charge on any atom is -0.465 e. The summed E-state index contributed by atoms with van der Waals surface area (Å²) in [5.41, 5.74) is 0.658. The van der Waals surface area contributed by atoms with E-state index in [1.54, 1.807) is 18.2 Å². The van der Waals surface area contributed by atoms with Crippen LogP contribution in [0.3, 0.4) is 0 Å². The SMILES string of the molecule is CC(C)=O.COC(=O)c1cccc(C(=O)OC)c1. The van der Waals surface area contributed by atoms with Crippen LogP contribution in [0.4, 0.5) is 0 Å². The van der Waals surface area contributed by atoms with Crippen LogP contribution in [-0.2, 0) is 14.3 Å². The van der Waals surface area contributed by atoms with E-state index < -0.39 is 11.9 Å². The first kappa shape index (κ1) is 15.8. The number of benzene rings is 1. The zero-order valence-corrected chi connectivity index (χ0v) is 10.9. The van der Waals surface area contributed by atoms with Crippen LogP contribution in [0.15, 0.2) is 24.3 Å². The van der Waals surface area contributed by atoms with Gasteiger partial charge in [-0.25, -0.2) is 9.59 Å². The normalized spacial score (nSPS) is 8.67. The van der Waals surface area contributed by atoms with Crippen molar-refractivity contribution in [3.63, 3.8) is 0 Å². The lowest BCUT2D eigenvalue weighted by molar-refractivity contribution is -0.115. The van der Waals surface area contributed by atoms with Gasteiger partial charge in [0, 0.05) is 0 Å². The van der Waals surface area contributed by atoms with Crippen molar-refractivity contribution in [3.05, 3.63) is 35.4 Å². The molecule has 0 saturated carbocycles. The van der Waals surface area contributed by atoms with Crippen molar-refractivity contribution in [1.82, 2.24) is 0 Å². The number of methoxy groups -OCH3 is 2. The fourth-order valence-electron chi connectivity index (χ4n) is 1.01. The Morgan fingerprint density at radius 3 is 1.50 bits per heavy atom. The number of hydrogen-bond donors (Lipinski definition) is 0. The van der Waals surface area contributed by atoms with Gasteiger partial charge in [0.15, 0.2) is 0 Å². The first-order chi connectivity index (χ1) is 8.42. The van der Waals surface area contributed by atoms with Gasteiger partial charge in [0.05, 0.1) is 25.3 Å². The number of esters is 2. The zero-order chi connectivity index (χ0) is 14.1. The topological polar surface area (TPSA) is 69.7 Å². The van der Waals surface area contributed by atoms with E-state index in [2.05, 4.69) is 9.47 Å². The Kier molecular flexibility index (Phi) is 7.04. The summed E-state index contributed by atoms with van der Waals surface area (Å²) < 4.78 is 9.03. The number of carbonyl (C=O) groups excluding carboxylic acids is 3. The lowest BCUT2D eigenvalue weighted by atomic mass is 10.1. The van der Waals surface area contributed by atoms with Crippen LogP contribution in [0.2, 0.25) is 0 Å². The van der Waals surface area contributed by atoms with Crippen molar-refractivity contribution in [2.24, 2.45) is 0 Å². The van der Waals surface area contributed by atoms with E-state index in [0.29, 0.717) is 11.1 Å². The summed E-state index contributed by atoms with van der Waals surface area (Å²) in [6.07, 6.45) is 0. The van der Waals surface area contributed by atoms with Crippen molar-refractivity contribution in [2.75, 3.05) is 14.2 Å². The molecule has 5 nitrogen and oxygen atoms in total. The van der Waals surface area contributed by atoms with Gasteiger partial charge in [-0.1, -0.05) is 6.07 Å². The van der Waals surface area contributed by atoms with E-state index in [0.717, 1.165) is 0 Å². The second-order valence-electron chi connectivity index (χ2n) is 3.47.